The average molecular weight is 673 g/mol. The summed E-state index contributed by atoms with van der Waals surface area (Å²) in [6.45, 7) is 5.58. The number of esters is 1. The second-order valence-corrected chi connectivity index (χ2v) is 10.6. The van der Waals surface area contributed by atoms with Crippen LogP contribution in [-0.2, 0) is 39.8 Å². The number of carbonyl (C=O) groups is 4. The van der Waals surface area contributed by atoms with E-state index in [0.717, 1.165) is 50.7 Å². The molecule has 14 nitrogen and oxygen atoms in total. The first-order valence-corrected chi connectivity index (χ1v) is 14.4. The predicted molar refractivity (Wildman–Crippen MR) is 163 cm³/mol. The second kappa shape index (κ2) is 20.4. The summed E-state index contributed by atoms with van der Waals surface area (Å²) in [5.41, 5.74) is 2.42. The van der Waals surface area contributed by atoms with E-state index >= 15 is 0 Å². The van der Waals surface area contributed by atoms with Gasteiger partial charge in [-0.3, -0.25) is 19.2 Å². The normalized spacial score (nSPS) is 23.1. The first kappa shape index (κ1) is 40.2. The van der Waals surface area contributed by atoms with Crippen molar-refractivity contribution in [1.82, 2.24) is 0 Å². The maximum Gasteiger partial charge on any atom is 0.302 e. The molecule has 2 aromatic rings. The van der Waals surface area contributed by atoms with Crippen molar-refractivity contribution in [2.45, 2.75) is 77.2 Å². The molecule has 0 aliphatic carbocycles. The standard InChI is InChI=1S/C25H29ClO8.3C2H4O2/c1-14(27)32-13-21-22(28)23(29)24(30)25(34-21)16-4-7-20(26)17(11-16)10-15-2-5-18(6-3-15)33-19-8-9-31-12-19;3*1-2(3)4/h2-7,11,19,21-25,28-30H,8-10,12-13H2,1H3;3*1H3,(H,3,4)/t19?,21-,22+,23+,24+,25+;;;/m1.../s1. The Morgan fingerprint density at radius 2 is 1.41 bits per heavy atom. The molecule has 256 valence electrons. The lowest BCUT2D eigenvalue weighted by molar-refractivity contribution is -0.234. The van der Waals surface area contributed by atoms with E-state index in [1.807, 2.05) is 30.3 Å². The number of ether oxygens (including phenoxy) is 4. The Labute approximate surface area is 271 Å². The molecule has 2 heterocycles. The zero-order valence-corrected chi connectivity index (χ0v) is 26.6. The van der Waals surface area contributed by atoms with Gasteiger partial charge < -0.3 is 49.6 Å². The van der Waals surface area contributed by atoms with E-state index in [-0.39, 0.29) is 12.7 Å². The summed E-state index contributed by atoms with van der Waals surface area (Å²) in [6, 6.07) is 13.0. The van der Waals surface area contributed by atoms with E-state index in [9.17, 15) is 20.1 Å². The molecule has 2 aromatic carbocycles. The maximum atomic E-state index is 11.2. The summed E-state index contributed by atoms with van der Waals surface area (Å²) in [7, 11) is 0. The van der Waals surface area contributed by atoms with Gasteiger partial charge in [-0.1, -0.05) is 35.9 Å². The highest BCUT2D eigenvalue weighted by atomic mass is 35.5. The number of hydrogen-bond acceptors (Lipinski definition) is 11. The van der Waals surface area contributed by atoms with Crippen LogP contribution in [0.2, 0.25) is 5.02 Å². The summed E-state index contributed by atoms with van der Waals surface area (Å²) in [5.74, 6) is -2.25. The van der Waals surface area contributed by atoms with Gasteiger partial charge in [0.1, 0.15) is 49.0 Å². The van der Waals surface area contributed by atoms with Crippen LogP contribution in [0.1, 0.15) is 56.9 Å². The Bertz CT molecular complexity index is 1220. The molecule has 6 N–H and O–H groups in total. The average Bonchev–Trinajstić information content (AvgIpc) is 3.46. The first-order chi connectivity index (χ1) is 21.5. The lowest BCUT2D eigenvalue weighted by Crippen LogP contribution is -2.55. The van der Waals surface area contributed by atoms with Gasteiger partial charge in [-0.25, -0.2) is 0 Å². The molecule has 0 bridgehead atoms. The summed E-state index contributed by atoms with van der Waals surface area (Å²) in [6.07, 6.45) is -4.64. The molecule has 2 aliphatic rings. The topological polar surface area (TPSA) is 227 Å². The van der Waals surface area contributed by atoms with Crippen LogP contribution in [0, 0.1) is 0 Å². The predicted octanol–water partition coefficient (Wildman–Crippen LogP) is 2.46. The van der Waals surface area contributed by atoms with Crippen molar-refractivity contribution in [1.29, 1.82) is 0 Å². The van der Waals surface area contributed by atoms with Crippen LogP contribution < -0.4 is 4.74 Å². The monoisotopic (exact) mass is 672 g/mol. The Kier molecular flexibility index (Phi) is 17.8. The Morgan fingerprint density at radius 3 is 1.91 bits per heavy atom. The minimum absolute atomic E-state index is 0.0810. The smallest absolute Gasteiger partial charge is 0.302 e. The molecule has 4 rings (SSSR count). The van der Waals surface area contributed by atoms with Crippen LogP contribution in [0.3, 0.4) is 0 Å². The number of rotatable bonds is 7. The third kappa shape index (κ3) is 15.5. The number of aliphatic hydroxyl groups excluding tert-OH is 3. The third-order valence-electron chi connectivity index (χ3n) is 6.07. The van der Waals surface area contributed by atoms with Gasteiger partial charge in [-0.05, 0) is 41.3 Å². The number of benzene rings is 2. The van der Waals surface area contributed by atoms with E-state index in [1.54, 1.807) is 12.1 Å². The molecule has 2 fully saturated rings. The van der Waals surface area contributed by atoms with Crippen molar-refractivity contribution in [2.24, 2.45) is 0 Å². The van der Waals surface area contributed by atoms with Gasteiger partial charge in [0.25, 0.3) is 17.9 Å². The van der Waals surface area contributed by atoms with Crippen LogP contribution in [0.4, 0.5) is 0 Å². The van der Waals surface area contributed by atoms with Crippen LogP contribution in [-0.4, -0.2) is 105 Å². The van der Waals surface area contributed by atoms with E-state index in [0.29, 0.717) is 23.6 Å². The van der Waals surface area contributed by atoms with Gasteiger partial charge >= 0.3 is 5.97 Å². The van der Waals surface area contributed by atoms with Crippen LogP contribution >= 0.6 is 11.6 Å². The fraction of sp³-hybridized carbons (Fsp3) is 0.484. The minimum Gasteiger partial charge on any atom is -0.488 e. The third-order valence-corrected chi connectivity index (χ3v) is 6.44. The molecule has 0 saturated carbocycles. The van der Waals surface area contributed by atoms with Crippen LogP contribution in [0.15, 0.2) is 42.5 Å². The van der Waals surface area contributed by atoms with Gasteiger partial charge in [-0.2, -0.15) is 0 Å². The number of halogens is 1. The molecule has 0 radical (unpaired) electrons. The van der Waals surface area contributed by atoms with Crippen molar-refractivity contribution < 1.29 is 68.8 Å². The highest BCUT2D eigenvalue weighted by Crippen LogP contribution is 2.35. The molecule has 46 heavy (non-hydrogen) atoms. The van der Waals surface area contributed by atoms with Crippen molar-refractivity contribution in [3.8, 4) is 5.75 Å². The molecule has 15 heteroatoms. The van der Waals surface area contributed by atoms with Gasteiger partial charge in [0.05, 0.1) is 13.2 Å². The molecule has 2 aliphatic heterocycles. The fourth-order valence-electron chi connectivity index (χ4n) is 4.17. The Hall–Kier alpha value is -3.79. The van der Waals surface area contributed by atoms with Crippen molar-refractivity contribution in [3.05, 3.63) is 64.2 Å². The van der Waals surface area contributed by atoms with Crippen LogP contribution in [0.5, 0.6) is 5.75 Å². The van der Waals surface area contributed by atoms with Gasteiger partial charge in [0.15, 0.2) is 0 Å². The number of carboxylic acid groups (broad SMARTS) is 3. The van der Waals surface area contributed by atoms with Crippen LogP contribution in [0.25, 0.3) is 0 Å². The molecule has 1 unspecified atom stereocenters. The zero-order chi connectivity index (χ0) is 35.0. The van der Waals surface area contributed by atoms with E-state index in [2.05, 4.69) is 0 Å². The summed E-state index contributed by atoms with van der Waals surface area (Å²) < 4.78 is 22.0. The highest BCUT2D eigenvalue weighted by molar-refractivity contribution is 6.31. The first-order valence-electron chi connectivity index (χ1n) is 14.0. The summed E-state index contributed by atoms with van der Waals surface area (Å²) in [5, 5.41) is 53.9. The number of carbonyl (C=O) groups excluding carboxylic acids is 1. The zero-order valence-electron chi connectivity index (χ0n) is 25.9. The van der Waals surface area contributed by atoms with E-state index < -0.39 is 54.4 Å². The lowest BCUT2D eigenvalue weighted by Gasteiger charge is -2.40. The Morgan fingerprint density at radius 1 is 0.848 bits per heavy atom. The molecular formula is C31H41ClO14. The van der Waals surface area contributed by atoms with Gasteiger partial charge in [0.2, 0.25) is 0 Å². The number of aliphatic carboxylic acids is 3. The lowest BCUT2D eigenvalue weighted by atomic mass is 9.90. The Balaban J connectivity index is 0.000000758. The molecule has 0 aromatic heterocycles. The number of carboxylic acids is 3. The molecule has 0 spiro atoms. The largest absolute Gasteiger partial charge is 0.488 e. The highest BCUT2D eigenvalue weighted by Gasteiger charge is 2.44. The van der Waals surface area contributed by atoms with E-state index in [1.165, 1.54) is 6.92 Å². The fourth-order valence-corrected chi connectivity index (χ4v) is 4.36. The van der Waals surface area contributed by atoms with E-state index in [4.69, 9.17) is 60.3 Å². The van der Waals surface area contributed by atoms with Crippen molar-refractivity contribution >= 4 is 35.5 Å². The summed E-state index contributed by atoms with van der Waals surface area (Å²) in [4.78, 5) is 38.2. The quantitative estimate of drug-likeness (QED) is 0.232. The number of aliphatic hydroxyl groups is 3. The van der Waals surface area contributed by atoms with Gasteiger partial charge in [-0.15, -0.1) is 0 Å². The molecule has 0 amide bonds. The molecule has 6 atom stereocenters. The summed E-state index contributed by atoms with van der Waals surface area (Å²) >= 11 is 6.44. The van der Waals surface area contributed by atoms with Crippen molar-refractivity contribution in [2.75, 3.05) is 19.8 Å². The van der Waals surface area contributed by atoms with Gasteiger partial charge in [0, 0.05) is 39.1 Å². The molecule has 2 saturated heterocycles. The maximum absolute atomic E-state index is 11.2. The second-order valence-electron chi connectivity index (χ2n) is 10.2. The van der Waals surface area contributed by atoms with Crippen molar-refractivity contribution in [3.63, 3.8) is 0 Å². The minimum atomic E-state index is -1.46. The molecular weight excluding hydrogens is 632 g/mol. The number of hydrogen-bond donors (Lipinski definition) is 6. The SMILES string of the molecule is CC(=O)O.CC(=O)O.CC(=O)O.CC(=O)OC[C@H]1O[C@@H](c2ccc(Cl)c(Cc3ccc(OC4CCOC4)cc3)c2)[C@@H](O)[C@@H](O)[C@H]1O.